The number of rotatable bonds is 5. The number of aromatic nitrogens is 2. The van der Waals surface area contributed by atoms with Gasteiger partial charge in [-0.25, -0.2) is 4.98 Å². The van der Waals surface area contributed by atoms with Crippen LogP contribution < -0.4 is 16.0 Å². The maximum atomic E-state index is 12.1. The zero-order valence-electron chi connectivity index (χ0n) is 12.1. The first-order chi connectivity index (χ1) is 10.8. The molecule has 1 heterocycles. The van der Waals surface area contributed by atoms with Crippen molar-refractivity contribution in [3.8, 4) is 11.4 Å². The van der Waals surface area contributed by atoms with Crippen LogP contribution in [0.25, 0.3) is 5.69 Å². The second-order valence-corrected chi connectivity index (χ2v) is 5.70. The van der Waals surface area contributed by atoms with Crippen LogP contribution in [-0.2, 0) is 0 Å². The second kappa shape index (κ2) is 6.95. The van der Waals surface area contributed by atoms with E-state index in [2.05, 4.69) is 9.72 Å². The summed E-state index contributed by atoms with van der Waals surface area (Å²) in [5.74, 6) is 0.863. The van der Waals surface area contributed by atoms with Crippen LogP contribution >= 0.6 is 11.8 Å². The standard InChI is InChI=1S/C14H14F3N3O2S/c1-2-23-13-19-11(18)7-12(21)20(13)9-3-5-10(6-4-9)22-8-14(15,16)17/h3-7H,2,8,18H2,1H3. The predicted octanol–water partition coefficient (Wildman–Crippen LogP) is 2.87. The van der Waals surface area contributed by atoms with Gasteiger partial charge in [-0.2, -0.15) is 13.2 Å². The highest BCUT2D eigenvalue weighted by Gasteiger charge is 2.28. The average Bonchev–Trinajstić information content (AvgIpc) is 2.45. The summed E-state index contributed by atoms with van der Waals surface area (Å²) in [6.45, 7) is 0.533. The third kappa shape index (κ3) is 4.65. The quantitative estimate of drug-likeness (QED) is 0.666. The topological polar surface area (TPSA) is 70.1 Å². The maximum absolute atomic E-state index is 12.1. The minimum atomic E-state index is -4.40. The predicted molar refractivity (Wildman–Crippen MR) is 82.2 cm³/mol. The lowest BCUT2D eigenvalue weighted by atomic mass is 10.3. The van der Waals surface area contributed by atoms with E-state index < -0.39 is 12.8 Å². The highest BCUT2D eigenvalue weighted by Crippen LogP contribution is 2.22. The fraction of sp³-hybridized carbons (Fsp3) is 0.286. The Morgan fingerprint density at radius 2 is 1.96 bits per heavy atom. The van der Waals surface area contributed by atoms with Gasteiger partial charge in [-0.05, 0) is 30.0 Å². The van der Waals surface area contributed by atoms with Crippen molar-refractivity contribution in [3.05, 3.63) is 40.7 Å². The molecule has 5 nitrogen and oxygen atoms in total. The van der Waals surface area contributed by atoms with Gasteiger partial charge in [-0.1, -0.05) is 18.7 Å². The van der Waals surface area contributed by atoms with Crippen molar-refractivity contribution >= 4 is 17.6 Å². The number of ether oxygens (including phenoxy) is 1. The first-order valence-corrected chi connectivity index (χ1v) is 7.61. The number of nitrogens with zero attached hydrogens (tertiary/aromatic N) is 2. The summed E-state index contributed by atoms with van der Waals surface area (Å²) in [6, 6.07) is 6.90. The first-order valence-electron chi connectivity index (χ1n) is 6.62. The Kier molecular flexibility index (Phi) is 5.19. The average molecular weight is 345 g/mol. The van der Waals surface area contributed by atoms with E-state index in [0.717, 1.165) is 0 Å². The number of nitrogen functional groups attached to an aromatic ring is 1. The largest absolute Gasteiger partial charge is 0.484 e. The lowest BCUT2D eigenvalue weighted by molar-refractivity contribution is -0.153. The molecule has 23 heavy (non-hydrogen) atoms. The number of nitrogens with two attached hydrogens (primary N) is 1. The monoisotopic (exact) mass is 345 g/mol. The molecule has 0 aliphatic rings. The van der Waals surface area contributed by atoms with Crippen molar-refractivity contribution in [1.82, 2.24) is 9.55 Å². The van der Waals surface area contributed by atoms with E-state index in [1.165, 1.54) is 46.7 Å². The number of hydrogen-bond donors (Lipinski definition) is 1. The van der Waals surface area contributed by atoms with Gasteiger partial charge in [0.2, 0.25) is 0 Å². The molecule has 0 fully saturated rings. The molecule has 9 heteroatoms. The molecule has 2 aromatic rings. The van der Waals surface area contributed by atoms with Crippen LogP contribution in [0.4, 0.5) is 19.0 Å². The van der Waals surface area contributed by atoms with E-state index in [9.17, 15) is 18.0 Å². The van der Waals surface area contributed by atoms with Crippen LogP contribution in [0.2, 0.25) is 0 Å². The van der Waals surface area contributed by atoms with Gasteiger partial charge in [0.15, 0.2) is 11.8 Å². The van der Waals surface area contributed by atoms with Crippen LogP contribution in [0.5, 0.6) is 5.75 Å². The lowest BCUT2D eigenvalue weighted by Gasteiger charge is -2.13. The molecule has 0 radical (unpaired) electrons. The molecule has 0 atom stereocenters. The summed E-state index contributed by atoms with van der Waals surface area (Å²) in [7, 11) is 0. The van der Waals surface area contributed by atoms with Crippen molar-refractivity contribution in [2.24, 2.45) is 0 Å². The summed E-state index contributed by atoms with van der Waals surface area (Å²) < 4.78 is 42.3. The number of benzene rings is 1. The molecule has 2 N–H and O–H groups in total. The third-order valence-corrected chi connectivity index (χ3v) is 3.50. The van der Waals surface area contributed by atoms with Crippen molar-refractivity contribution in [1.29, 1.82) is 0 Å². The van der Waals surface area contributed by atoms with Crippen LogP contribution in [0.1, 0.15) is 6.92 Å². The molecule has 0 amide bonds. The van der Waals surface area contributed by atoms with Gasteiger partial charge in [-0.3, -0.25) is 9.36 Å². The number of hydrogen-bond acceptors (Lipinski definition) is 5. The summed E-state index contributed by atoms with van der Waals surface area (Å²) in [6.07, 6.45) is -4.40. The SMILES string of the molecule is CCSc1nc(N)cc(=O)n1-c1ccc(OCC(F)(F)F)cc1. The first kappa shape index (κ1) is 17.2. The molecule has 124 valence electrons. The van der Waals surface area contributed by atoms with Gasteiger partial charge in [0, 0.05) is 6.07 Å². The summed E-state index contributed by atoms with van der Waals surface area (Å²) in [4.78, 5) is 16.2. The molecule has 2 rings (SSSR count). The molecular weight excluding hydrogens is 331 g/mol. The molecule has 1 aromatic heterocycles. The molecule has 0 aliphatic carbocycles. The minimum Gasteiger partial charge on any atom is -0.484 e. The highest BCUT2D eigenvalue weighted by molar-refractivity contribution is 7.99. The molecule has 0 spiro atoms. The van der Waals surface area contributed by atoms with Crippen molar-refractivity contribution in [2.75, 3.05) is 18.1 Å². The van der Waals surface area contributed by atoms with Crippen molar-refractivity contribution < 1.29 is 17.9 Å². The van der Waals surface area contributed by atoms with E-state index in [1.807, 2.05) is 6.92 Å². The molecule has 1 aromatic carbocycles. The fourth-order valence-electron chi connectivity index (χ4n) is 1.80. The third-order valence-electron chi connectivity index (χ3n) is 2.68. The number of alkyl halides is 3. The van der Waals surface area contributed by atoms with Crippen LogP contribution in [0, 0.1) is 0 Å². The molecule has 0 bridgehead atoms. The second-order valence-electron chi connectivity index (χ2n) is 4.47. The van der Waals surface area contributed by atoms with E-state index in [0.29, 0.717) is 16.6 Å². The molecular formula is C14H14F3N3O2S. The Morgan fingerprint density at radius 1 is 1.30 bits per heavy atom. The normalized spacial score (nSPS) is 11.5. The maximum Gasteiger partial charge on any atom is 0.422 e. The van der Waals surface area contributed by atoms with Gasteiger partial charge in [0.25, 0.3) is 5.56 Å². The molecule has 0 unspecified atom stereocenters. The minimum absolute atomic E-state index is 0.0622. The summed E-state index contributed by atoms with van der Waals surface area (Å²) in [5.41, 5.74) is 5.68. The summed E-state index contributed by atoms with van der Waals surface area (Å²) >= 11 is 1.33. The molecule has 0 saturated heterocycles. The number of thioether (sulfide) groups is 1. The van der Waals surface area contributed by atoms with E-state index >= 15 is 0 Å². The zero-order chi connectivity index (χ0) is 17.0. The molecule has 0 saturated carbocycles. The number of anilines is 1. The highest BCUT2D eigenvalue weighted by atomic mass is 32.2. The summed E-state index contributed by atoms with van der Waals surface area (Å²) in [5, 5.41) is 0.418. The lowest BCUT2D eigenvalue weighted by Crippen LogP contribution is -2.22. The molecule has 0 aliphatic heterocycles. The Labute approximate surface area is 134 Å². The Hall–Kier alpha value is -2.16. The van der Waals surface area contributed by atoms with Crippen molar-refractivity contribution in [2.45, 2.75) is 18.3 Å². The van der Waals surface area contributed by atoms with E-state index in [4.69, 9.17) is 5.73 Å². The Bertz CT molecular complexity index is 730. The van der Waals surface area contributed by atoms with Crippen LogP contribution in [0.3, 0.4) is 0 Å². The Balaban J connectivity index is 2.31. The van der Waals surface area contributed by atoms with Crippen molar-refractivity contribution in [3.63, 3.8) is 0 Å². The van der Waals surface area contributed by atoms with Gasteiger partial charge < -0.3 is 10.5 Å². The fourth-order valence-corrected chi connectivity index (χ4v) is 2.55. The zero-order valence-corrected chi connectivity index (χ0v) is 12.9. The van der Waals surface area contributed by atoms with Crippen LogP contribution in [-0.4, -0.2) is 28.1 Å². The Morgan fingerprint density at radius 3 is 2.52 bits per heavy atom. The van der Waals surface area contributed by atoms with E-state index in [-0.39, 0.29) is 17.1 Å². The van der Waals surface area contributed by atoms with Crippen LogP contribution in [0.15, 0.2) is 40.3 Å². The number of halogens is 3. The van der Waals surface area contributed by atoms with Gasteiger partial charge >= 0.3 is 6.18 Å². The van der Waals surface area contributed by atoms with Gasteiger partial charge in [0.1, 0.15) is 11.6 Å². The smallest absolute Gasteiger partial charge is 0.422 e. The van der Waals surface area contributed by atoms with Gasteiger partial charge in [-0.15, -0.1) is 0 Å². The van der Waals surface area contributed by atoms with E-state index in [1.54, 1.807) is 0 Å². The van der Waals surface area contributed by atoms with Gasteiger partial charge in [0.05, 0.1) is 5.69 Å².